The van der Waals surface area contributed by atoms with Crippen LogP contribution in [-0.4, -0.2) is 10.2 Å². The molecular weight excluding hydrogens is 237 g/mol. The summed E-state index contributed by atoms with van der Waals surface area (Å²) in [4.78, 5) is 10.8. The van der Waals surface area contributed by atoms with Crippen molar-refractivity contribution < 1.29 is 0 Å². The van der Waals surface area contributed by atoms with E-state index in [1.54, 1.807) is 18.2 Å². The van der Waals surface area contributed by atoms with E-state index >= 15 is 0 Å². The number of rotatable bonds is 2. The summed E-state index contributed by atoms with van der Waals surface area (Å²) in [7, 11) is 0. The predicted molar refractivity (Wildman–Crippen MR) is 61.2 cm³/mol. The van der Waals surface area contributed by atoms with Gasteiger partial charge in [-0.3, -0.25) is 15.0 Å². The molecule has 0 fully saturated rings. The third kappa shape index (κ3) is 2.34. The van der Waals surface area contributed by atoms with E-state index in [0.717, 1.165) is 0 Å². The van der Waals surface area contributed by atoms with Gasteiger partial charge < -0.3 is 5.32 Å². The molecule has 1 aromatic carbocycles. The van der Waals surface area contributed by atoms with Crippen LogP contribution in [0.2, 0.25) is 10.0 Å². The molecule has 0 bridgehead atoms. The van der Waals surface area contributed by atoms with E-state index < -0.39 is 0 Å². The summed E-state index contributed by atoms with van der Waals surface area (Å²) in [6, 6.07) is 6.46. The second-order valence-corrected chi connectivity index (χ2v) is 3.77. The minimum absolute atomic E-state index is 0.206. The zero-order valence-electron chi connectivity index (χ0n) is 7.47. The fourth-order valence-corrected chi connectivity index (χ4v) is 1.59. The Kier molecular flexibility index (Phi) is 2.70. The van der Waals surface area contributed by atoms with Gasteiger partial charge in [0.15, 0.2) is 0 Å². The second kappa shape index (κ2) is 4.00. The van der Waals surface area contributed by atoms with E-state index in [0.29, 0.717) is 21.6 Å². The number of hydrogen-bond donors (Lipinski definition) is 3. The molecule has 6 heteroatoms. The normalized spacial score (nSPS) is 10.3. The van der Waals surface area contributed by atoms with E-state index in [1.165, 1.54) is 6.07 Å². The van der Waals surface area contributed by atoms with Crippen LogP contribution in [0.3, 0.4) is 0 Å². The lowest BCUT2D eigenvalue weighted by molar-refractivity contribution is 1.06. The molecular formula is C9H7Cl2N3O. The van der Waals surface area contributed by atoms with Crippen LogP contribution in [0.5, 0.6) is 0 Å². The van der Waals surface area contributed by atoms with Gasteiger partial charge in [-0.2, -0.15) is 0 Å². The Morgan fingerprint density at radius 2 is 1.93 bits per heavy atom. The number of aromatic nitrogens is 2. The quantitative estimate of drug-likeness (QED) is 0.760. The number of anilines is 2. The van der Waals surface area contributed by atoms with Gasteiger partial charge in [0.2, 0.25) is 0 Å². The third-order valence-electron chi connectivity index (χ3n) is 1.80. The molecule has 1 aromatic heterocycles. The van der Waals surface area contributed by atoms with Gasteiger partial charge >= 0.3 is 0 Å². The summed E-state index contributed by atoms with van der Waals surface area (Å²) < 4.78 is 0. The molecule has 0 saturated heterocycles. The van der Waals surface area contributed by atoms with Crippen LogP contribution >= 0.6 is 23.2 Å². The molecule has 0 radical (unpaired) electrons. The van der Waals surface area contributed by atoms with Crippen LogP contribution in [0.4, 0.5) is 11.5 Å². The molecule has 0 spiro atoms. The first-order valence-electron chi connectivity index (χ1n) is 4.15. The summed E-state index contributed by atoms with van der Waals surface area (Å²) in [5.41, 5.74) is 0.471. The first-order chi connectivity index (χ1) is 7.15. The highest BCUT2D eigenvalue weighted by molar-refractivity contribution is 6.36. The van der Waals surface area contributed by atoms with Crippen molar-refractivity contribution in [2.24, 2.45) is 0 Å². The predicted octanol–water partition coefficient (Wildman–Crippen LogP) is 2.75. The van der Waals surface area contributed by atoms with Gasteiger partial charge in [-0.15, -0.1) is 0 Å². The standard InChI is InChI=1S/C9H7Cl2N3O/c10-5-1-2-7(6(11)3-5)12-8-4-9(15)14-13-8/h1-4H,(H3,12,13,14,15). The second-order valence-electron chi connectivity index (χ2n) is 2.92. The van der Waals surface area contributed by atoms with E-state index in [9.17, 15) is 4.79 Å². The Morgan fingerprint density at radius 1 is 1.13 bits per heavy atom. The number of halogens is 2. The smallest absolute Gasteiger partial charge is 0.266 e. The average molecular weight is 244 g/mol. The van der Waals surface area contributed by atoms with Crippen LogP contribution in [-0.2, 0) is 0 Å². The van der Waals surface area contributed by atoms with Crippen molar-refractivity contribution >= 4 is 34.7 Å². The maximum absolute atomic E-state index is 10.8. The zero-order valence-corrected chi connectivity index (χ0v) is 8.99. The van der Waals surface area contributed by atoms with Gasteiger partial charge in [0.1, 0.15) is 5.82 Å². The topological polar surface area (TPSA) is 60.7 Å². The van der Waals surface area contributed by atoms with Gasteiger partial charge in [-0.05, 0) is 18.2 Å². The van der Waals surface area contributed by atoms with Crippen LogP contribution in [0, 0.1) is 0 Å². The summed E-state index contributed by atoms with van der Waals surface area (Å²) in [5.74, 6) is 0.546. The van der Waals surface area contributed by atoms with Crippen molar-refractivity contribution in [3.8, 4) is 0 Å². The van der Waals surface area contributed by atoms with Crippen molar-refractivity contribution in [1.29, 1.82) is 0 Å². The number of aromatic amines is 2. The van der Waals surface area contributed by atoms with Gasteiger partial charge in [0.25, 0.3) is 5.56 Å². The van der Waals surface area contributed by atoms with Gasteiger partial charge in [-0.1, -0.05) is 23.2 Å². The molecule has 78 valence electrons. The molecule has 1 heterocycles. The van der Waals surface area contributed by atoms with Crippen molar-refractivity contribution in [3.05, 3.63) is 44.7 Å². The highest BCUT2D eigenvalue weighted by atomic mass is 35.5. The lowest BCUT2D eigenvalue weighted by Gasteiger charge is -2.05. The van der Waals surface area contributed by atoms with Gasteiger partial charge in [0, 0.05) is 11.1 Å². The van der Waals surface area contributed by atoms with Crippen LogP contribution in [0.15, 0.2) is 29.1 Å². The summed E-state index contributed by atoms with van der Waals surface area (Å²) in [5, 5.41) is 9.06. The molecule has 0 aliphatic rings. The highest BCUT2D eigenvalue weighted by Gasteiger charge is 2.02. The Balaban J connectivity index is 2.28. The van der Waals surface area contributed by atoms with Crippen molar-refractivity contribution in [2.75, 3.05) is 5.32 Å². The van der Waals surface area contributed by atoms with Crippen LogP contribution in [0.1, 0.15) is 0 Å². The lowest BCUT2D eigenvalue weighted by Crippen LogP contribution is -1.94. The molecule has 0 atom stereocenters. The van der Waals surface area contributed by atoms with E-state index in [-0.39, 0.29) is 5.56 Å². The van der Waals surface area contributed by atoms with Crippen molar-refractivity contribution in [2.45, 2.75) is 0 Å². The Hall–Kier alpha value is -1.39. The maximum atomic E-state index is 10.8. The first-order valence-corrected chi connectivity index (χ1v) is 4.90. The van der Waals surface area contributed by atoms with Crippen molar-refractivity contribution in [3.63, 3.8) is 0 Å². The molecule has 3 N–H and O–H groups in total. The molecule has 4 nitrogen and oxygen atoms in total. The molecule has 0 aliphatic heterocycles. The Bertz CT molecular complexity index is 532. The lowest BCUT2D eigenvalue weighted by atomic mass is 10.3. The Morgan fingerprint density at radius 3 is 2.53 bits per heavy atom. The zero-order chi connectivity index (χ0) is 10.8. The minimum atomic E-state index is -0.206. The number of H-pyrrole nitrogens is 2. The molecule has 0 unspecified atom stereocenters. The molecule has 2 rings (SSSR count). The fourth-order valence-electron chi connectivity index (χ4n) is 1.14. The SMILES string of the molecule is O=c1cc(Nc2ccc(Cl)cc2Cl)[nH][nH]1. The largest absolute Gasteiger partial charge is 0.339 e. The number of hydrogen-bond acceptors (Lipinski definition) is 2. The highest BCUT2D eigenvalue weighted by Crippen LogP contribution is 2.27. The molecule has 0 saturated carbocycles. The first kappa shape index (κ1) is 10.1. The van der Waals surface area contributed by atoms with E-state index in [4.69, 9.17) is 23.2 Å². The molecule has 2 aromatic rings. The van der Waals surface area contributed by atoms with Crippen LogP contribution in [0.25, 0.3) is 0 Å². The van der Waals surface area contributed by atoms with E-state index in [2.05, 4.69) is 15.5 Å². The summed E-state index contributed by atoms with van der Waals surface area (Å²) in [6.07, 6.45) is 0. The third-order valence-corrected chi connectivity index (χ3v) is 2.34. The molecule has 15 heavy (non-hydrogen) atoms. The van der Waals surface area contributed by atoms with Gasteiger partial charge in [0.05, 0.1) is 10.7 Å². The summed E-state index contributed by atoms with van der Waals surface area (Å²) in [6.45, 7) is 0. The minimum Gasteiger partial charge on any atom is -0.339 e. The average Bonchev–Trinajstić information content (AvgIpc) is 2.56. The van der Waals surface area contributed by atoms with Crippen molar-refractivity contribution in [1.82, 2.24) is 10.2 Å². The number of nitrogens with one attached hydrogen (secondary N) is 3. The van der Waals surface area contributed by atoms with E-state index in [1.807, 2.05) is 0 Å². The molecule has 0 amide bonds. The van der Waals surface area contributed by atoms with Gasteiger partial charge in [-0.25, -0.2) is 0 Å². The fraction of sp³-hybridized carbons (Fsp3) is 0. The summed E-state index contributed by atoms with van der Waals surface area (Å²) >= 11 is 11.7. The maximum Gasteiger partial charge on any atom is 0.266 e. The Labute approximate surface area is 95.2 Å². The van der Waals surface area contributed by atoms with Crippen LogP contribution < -0.4 is 10.9 Å². The molecule has 0 aliphatic carbocycles. The monoisotopic (exact) mass is 243 g/mol. The number of benzene rings is 1.